The summed E-state index contributed by atoms with van der Waals surface area (Å²) in [5, 5.41) is 16.3. The van der Waals surface area contributed by atoms with E-state index in [4.69, 9.17) is 0 Å². The number of carbonyl (C=O) groups excluding carboxylic acids is 1. The summed E-state index contributed by atoms with van der Waals surface area (Å²) in [5.41, 5.74) is -0.794. The Morgan fingerprint density at radius 2 is 2.06 bits per heavy atom. The topological polar surface area (TPSA) is 61.4 Å². The van der Waals surface area contributed by atoms with Crippen LogP contribution in [-0.4, -0.2) is 36.2 Å². The number of nitrogens with one attached hydrogen (secondary N) is 2. The minimum atomic E-state index is -0.794. The average molecular weight is 256 g/mol. The lowest BCUT2D eigenvalue weighted by atomic mass is 9.93. The molecule has 1 aliphatic heterocycles. The molecule has 0 spiro atoms. The van der Waals surface area contributed by atoms with Crippen LogP contribution in [0.15, 0.2) is 0 Å². The van der Waals surface area contributed by atoms with E-state index >= 15 is 0 Å². The molecule has 0 aromatic heterocycles. The van der Waals surface area contributed by atoms with E-state index in [-0.39, 0.29) is 5.91 Å². The second-order valence-corrected chi connectivity index (χ2v) is 6.27. The van der Waals surface area contributed by atoms with Crippen molar-refractivity contribution in [2.24, 2.45) is 11.8 Å². The van der Waals surface area contributed by atoms with Crippen LogP contribution in [0.4, 0.5) is 0 Å². The van der Waals surface area contributed by atoms with Gasteiger partial charge >= 0.3 is 0 Å². The molecule has 1 fully saturated rings. The first-order chi connectivity index (χ1) is 8.39. The zero-order valence-electron chi connectivity index (χ0n) is 12.0. The maximum absolute atomic E-state index is 11.8. The average Bonchev–Trinajstić information content (AvgIpc) is 2.26. The number of rotatable bonds is 6. The summed E-state index contributed by atoms with van der Waals surface area (Å²) >= 11 is 0. The monoisotopic (exact) mass is 256 g/mol. The second-order valence-electron chi connectivity index (χ2n) is 6.27. The molecule has 3 N–H and O–H groups in total. The van der Waals surface area contributed by atoms with Gasteiger partial charge < -0.3 is 15.7 Å². The maximum atomic E-state index is 11.8. The third-order valence-electron chi connectivity index (χ3n) is 3.45. The van der Waals surface area contributed by atoms with Crippen LogP contribution in [0.2, 0.25) is 0 Å². The normalized spacial score (nSPS) is 20.7. The van der Waals surface area contributed by atoms with Gasteiger partial charge in [0.1, 0.15) is 0 Å². The molecule has 0 radical (unpaired) electrons. The van der Waals surface area contributed by atoms with Crippen molar-refractivity contribution in [1.29, 1.82) is 0 Å². The van der Waals surface area contributed by atoms with Crippen molar-refractivity contribution in [2.45, 2.75) is 52.1 Å². The quantitative estimate of drug-likeness (QED) is 0.671. The van der Waals surface area contributed by atoms with Crippen LogP contribution in [0.5, 0.6) is 0 Å². The highest BCUT2D eigenvalue weighted by Gasteiger charge is 2.23. The van der Waals surface area contributed by atoms with Gasteiger partial charge in [0.15, 0.2) is 0 Å². The molecule has 1 atom stereocenters. The first-order valence-electron chi connectivity index (χ1n) is 7.09. The van der Waals surface area contributed by atoms with E-state index in [1.54, 1.807) is 6.92 Å². The van der Waals surface area contributed by atoms with Crippen molar-refractivity contribution in [2.75, 3.05) is 19.6 Å². The summed E-state index contributed by atoms with van der Waals surface area (Å²) < 4.78 is 0. The second kappa shape index (κ2) is 7.10. The fourth-order valence-corrected chi connectivity index (χ4v) is 2.66. The highest BCUT2D eigenvalue weighted by molar-refractivity contribution is 5.76. The van der Waals surface area contributed by atoms with E-state index in [9.17, 15) is 9.90 Å². The number of hydrogen-bond acceptors (Lipinski definition) is 3. The zero-order valence-corrected chi connectivity index (χ0v) is 12.0. The molecule has 106 valence electrons. The SMILES string of the molecule is CC(C)CC(C)(O)CNC(=O)CC1CCNCC1. The van der Waals surface area contributed by atoms with E-state index < -0.39 is 5.60 Å². The van der Waals surface area contributed by atoms with Gasteiger partial charge in [0.05, 0.1) is 5.60 Å². The first kappa shape index (κ1) is 15.4. The third kappa shape index (κ3) is 6.36. The number of carbonyl (C=O) groups is 1. The molecule has 1 heterocycles. The van der Waals surface area contributed by atoms with Gasteiger partial charge in [-0.1, -0.05) is 13.8 Å². The zero-order chi connectivity index (χ0) is 13.6. The maximum Gasteiger partial charge on any atom is 0.220 e. The summed E-state index contributed by atoms with van der Waals surface area (Å²) in [6, 6.07) is 0. The Bertz CT molecular complexity index is 259. The van der Waals surface area contributed by atoms with Crippen molar-refractivity contribution in [3.63, 3.8) is 0 Å². The summed E-state index contributed by atoms with van der Waals surface area (Å²) in [5.74, 6) is 1.01. The lowest BCUT2D eigenvalue weighted by molar-refractivity contribution is -0.123. The molecule has 18 heavy (non-hydrogen) atoms. The van der Waals surface area contributed by atoms with Crippen LogP contribution >= 0.6 is 0 Å². The summed E-state index contributed by atoms with van der Waals surface area (Å²) in [6.07, 6.45) is 3.46. The van der Waals surface area contributed by atoms with Crippen LogP contribution in [0, 0.1) is 11.8 Å². The number of piperidine rings is 1. The number of amides is 1. The molecule has 0 bridgehead atoms. The number of hydrogen-bond donors (Lipinski definition) is 3. The molecule has 4 nitrogen and oxygen atoms in total. The molecule has 1 saturated heterocycles. The van der Waals surface area contributed by atoms with Crippen LogP contribution < -0.4 is 10.6 Å². The Morgan fingerprint density at radius 1 is 1.44 bits per heavy atom. The third-order valence-corrected chi connectivity index (χ3v) is 3.45. The van der Waals surface area contributed by atoms with E-state index in [0.29, 0.717) is 31.2 Å². The standard InChI is InChI=1S/C14H28N2O2/c1-11(2)9-14(3,18)10-16-13(17)8-12-4-6-15-7-5-12/h11-12,15,18H,4-10H2,1-3H3,(H,16,17). The largest absolute Gasteiger partial charge is 0.388 e. The van der Waals surface area contributed by atoms with E-state index in [0.717, 1.165) is 25.9 Å². The van der Waals surface area contributed by atoms with Gasteiger partial charge in [-0.3, -0.25) is 4.79 Å². The van der Waals surface area contributed by atoms with Gasteiger partial charge in [-0.05, 0) is 51.1 Å². The Balaban J connectivity index is 2.23. The molecule has 1 rings (SSSR count). The van der Waals surface area contributed by atoms with Crippen LogP contribution in [0.3, 0.4) is 0 Å². The van der Waals surface area contributed by atoms with Crippen LogP contribution in [-0.2, 0) is 4.79 Å². The lowest BCUT2D eigenvalue weighted by Crippen LogP contribution is -2.42. The molecule has 1 amide bonds. The molecular formula is C14H28N2O2. The Hall–Kier alpha value is -0.610. The minimum absolute atomic E-state index is 0.0749. The molecular weight excluding hydrogens is 228 g/mol. The van der Waals surface area contributed by atoms with Gasteiger partial charge in [0, 0.05) is 13.0 Å². The van der Waals surface area contributed by atoms with Gasteiger partial charge in [-0.25, -0.2) is 0 Å². The van der Waals surface area contributed by atoms with Crippen LogP contribution in [0.1, 0.15) is 46.5 Å². The number of aliphatic hydroxyl groups is 1. The predicted molar refractivity (Wildman–Crippen MR) is 73.3 cm³/mol. The Morgan fingerprint density at radius 3 is 2.61 bits per heavy atom. The Labute approximate surface area is 111 Å². The molecule has 1 unspecified atom stereocenters. The predicted octanol–water partition coefficient (Wildman–Crippen LogP) is 1.29. The van der Waals surface area contributed by atoms with Gasteiger partial charge in [0.2, 0.25) is 5.91 Å². The summed E-state index contributed by atoms with van der Waals surface area (Å²) in [4.78, 5) is 11.8. The van der Waals surface area contributed by atoms with Crippen molar-refractivity contribution < 1.29 is 9.90 Å². The molecule has 4 heteroatoms. The Kier molecular flexibility index (Phi) is 6.09. The minimum Gasteiger partial charge on any atom is -0.388 e. The lowest BCUT2D eigenvalue weighted by Gasteiger charge is -2.27. The first-order valence-corrected chi connectivity index (χ1v) is 7.09. The highest BCUT2D eigenvalue weighted by atomic mass is 16.3. The summed E-state index contributed by atoms with van der Waals surface area (Å²) in [6.45, 7) is 8.33. The van der Waals surface area contributed by atoms with Gasteiger partial charge in [0.25, 0.3) is 0 Å². The highest BCUT2D eigenvalue weighted by Crippen LogP contribution is 2.17. The van der Waals surface area contributed by atoms with E-state index in [2.05, 4.69) is 24.5 Å². The van der Waals surface area contributed by atoms with Crippen LogP contribution in [0.25, 0.3) is 0 Å². The molecule has 1 aliphatic rings. The molecule has 0 aromatic rings. The molecule has 0 saturated carbocycles. The van der Waals surface area contributed by atoms with E-state index in [1.807, 2.05) is 0 Å². The van der Waals surface area contributed by atoms with Crippen molar-refractivity contribution in [1.82, 2.24) is 10.6 Å². The summed E-state index contributed by atoms with van der Waals surface area (Å²) in [7, 11) is 0. The molecule has 0 aromatic carbocycles. The van der Waals surface area contributed by atoms with Gasteiger partial charge in [-0.15, -0.1) is 0 Å². The smallest absolute Gasteiger partial charge is 0.220 e. The van der Waals surface area contributed by atoms with Crippen molar-refractivity contribution in [3.05, 3.63) is 0 Å². The van der Waals surface area contributed by atoms with Crippen molar-refractivity contribution >= 4 is 5.91 Å². The fourth-order valence-electron chi connectivity index (χ4n) is 2.66. The van der Waals surface area contributed by atoms with Crippen molar-refractivity contribution in [3.8, 4) is 0 Å². The van der Waals surface area contributed by atoms with Gasteiger partial charge in [-0.2, -0.15) is 0 Å². The fraction of sp³-hybridized carbons (Fsp3) is 0.929. The molecule has 0 aliphatic carbocycles. The van der Waals surface area contributed by atoms with E-state index in [1.165, 1.54) is 0 Å².